The van der Waals surface area contributed by atoms with Crippen LogP contribution in [-0.2, 0) is 14.6 Å². The van der Waals surface area contributed by atoms with Crippen LogP contribution in [0.3, 0.4) is 0 Å². The van der Waals surface area contributed by atoms with Gasteiger partial charge in [0, 0.05) is 5.56 Å². The monoisotopic (exact) mass is 473 g/mol. The van der Waals surface area contributed by atoms with E-state index in [-0.39, 0.29) is 22.2 Å². The molecule has 2 rings (SSSR count). The van der Waals surface area contributed by atoms with Gasteiger partial charge in [0.25, 0.3) is 5.91 Å². The zero-order chi connectivity index (χ0) is 23.9. The standard InChI is InChI=1S/C23H27N3O4S2/c1-15(2)32(29,30)20-10-6-9-19(12-20)22(28)25-13-21(27)26-23(24)31-14-17(4)18-8-5-7-16(3)11-18/h5-12,14-15H,13H2,1-4H3,(H,25,28)(H2,24,26,27)/b17-14+. The van der Waals surface area contributed by atoms with Crippen molar-refractivity contribution in [1.29, 1.82) is 5.41 Å². The molecule has 2 amide bonds. The molecule has 0 heterocycles. The van der Waals surface area contributed by atoms with Crippen molar-refractivity contribution in [1.82, 2.24) is 10.6 Å². The van der Waals surface area contributed by atoms with Crippen LogP contribution in [-0.4, -0.2) is 37.2 Å². The first-order valence-electron chi connectivity index (χ1n) is 9.91. The predicted octanol–water partition coefficient (Wildman–Crippen LogP) is 3.75. The van der Waals surface area contributed by atoms with Crippen molar-refractivity contribution in [2.75, 3.05) is 6.54 Å². The van der Waals surface area contributed by atoms with Gasteiger partial charge in [0.15, 0.2) is 15.0 Å². The summed E-state index contributed by atoms with van der Waals surface area (Å²) in [5.41, 5.74) is 3.26. The Morgan fingerprint density at radius 1 is 1.09 bits per heavy atom. The number of aryl methyl sites for hydroxylation is 1. The lowest BCUT2D eigenvalue weighted by molar-refractivity contribution is -0.118. The Kier molecular flexibility index (Phi) is 8.80. The van der Waals surface area contributed by atoms with E-state index in [2.05, 4.69) is 10.6 Å². The van der Waals surface area contributed by atoms with Gasteiger partial charge in [-0.3, -0.25) is 15.0 Å². The Labute approximate surface area is 193 Å². The summed E-state index contributed by atoms with van der Waals surface area (Å²) in [6.45, 7) is 6.71. The summed E-state index contributed by atoms with van der Waals surface area (Å²) in [6, 6.07) is 13.6. The summed E-state index contributed by atoms with van der Waals surface area (Å²) in [6.07, 6.45) is 0. The molecule has 0 radical (unpaired) electrons. The van der Waals surface area contributed by atoms with Crippen molar-refractivity contribution in [2.45, 2.75) is 37.8 Å². The van der Waals surface area contributed by atoms with Crippen LogP contribution in [0, 0.1) is 12.3 Å². The topological polar surface area (TPSA) is 116 Å². The molecule has 0 aliphatic carbocycles. The molecule has 0 fully saturated rings. The average molecular weight is 474 g/mol. The zero-order valence-corrected chi connectivity index (χ0v) is 20.1. The number of sulfone groups is 1. The van der Waals surface area contributed by atoms with Crippen LogP contribution in [0.5, 0.6) is 0 Å². The molecule has 0 spiro atoms. The Balaban J connectivity index is 1.89. The van der Waals surface area contributed by atoms with Crippen LogP contribution in [0.4, 0.5) is 0 Å². The molecular formula is C23H27N3O4S2. The van der Waals surface area contributed by atoms with Gasteiger partial charge in [-0.1, -0.05) is 47.7 Å². The number of rotatable bonds is 7. The Hall–Kier alpha value is -2.91. The lowest BCUT2D eigenvalue weighted by atomic mass is 10.1. The van der Waals surface area contributed by atoms with Gasteiger partial charge in [0.1, 0.15) is 0 Å². The quantitative estimate of drug-likeness (QED) is 0.418. The molecular weight excluding hydrogens is 446 g/mol. The molecule has 3 N–H and O–H groups in total. The Bertz CT molecular complexity index is 1160. The van der Waals surface area contributed by atoms with Crippen molar-refractivity contribution < 1.29 is 18.0 Å². The third-order valence-corrected chi connectivity index (χ3v) is 7.50. The molecule has 0 aliphatic heterocycles. The van der Waals surface area contributed by atoms with Gasteiger partial charge in [-0.15, -0.1) is 0 Å². The molecule has 0 saturated carbocycles. The molecule has 32 heavy (non-hydrogen) atoms. The van der Waals surface area contributed by atoms with E-state index < -0.39 is 26.9 Å². The maximum absolute atomic E-state index is 12.3. The number of carbonyl (C=O) groups is 2. The summed E-state index contributed by atoms with van der Waals surface area (Å²) in [5, 5.41) is 13.9. The molecule has 2 aromatic rings. The highest BCUT2D eigenvalue weighted by molar-refractivity contribution is 8.16. The number of amides is 2. The van der Waals surface area contributed by atoms with E-state index in [1.54, 1.807) is 19.3 Å². The molecule has 0 unspecified atom stereocenters. The van der Waals surface area contributed by atoms with Gasteiger partial charge >= 0.3 is 0 Å². The first-order valence-corrected chi connectivity index (χ1v) is 12.3. The third-order valence-electron chi connectivity index (χ3n) is 4.53. The molecule has 7 nitrogen and oxygen atoms in total. The summed E-state index contributed by atoms with van der Waals surface area (Å²) in [5.74, 6) is -1.13. The van der Waals surface area contributed by atoms with E-state index in [1.807, 2.05) is 38.1 Å². The lowest BCUT2D eigenvalue weighted by Crippen LogP contribution is -2.38. The van der Waals surface area contributed by atoms with E-state index in [9.17, 15) is 18.0 Å². The summed E-state index contributed by atoms with van der Waals surface area (Å²) in [4.78, 5) is 24.5. The molecule has 0 saturated heterocycles. The minimum atomic E-state index is -3.51. The molecule has 0 bridgehead atoms. The van der Waals surface area contributed by atoms with Gasteiger partial charge in [-0.25, -0.2) is 8.42 Å². The fourth-order valence-corrected chi connectivity index (χ4v) is 4.36. The normalized spacial score (nSPS) is 11.8. The molecule has 0 aliphatic rings. The van der Waals surface area contributed by atoms with Crippen LogP contribution in [0.25, 0.3) is 5.57 Å². The number of carbonyl (C=O) groups excluding carboxylic acids is 2. The Morgan fingerprint density at radius 3 is 2.41 bits per heavy atom. The Morgan fingerprint density at radius 2 is 1.75 bits per heavy atom. The zero-order valence-electron chi connectivity index (χ0n) is 18.4. The first-order chi connectivity index (χ1) is 15.0. The van der Waals surface area contributed by atoms with Crippen molar-refractivity contribution in [2.24, 2.45) is 0 Å². The number of hydrogen-bond acceptors (Lipinski definition) is 6. The number of thioether (sulfide) groups is 1. The molecule has 2 aromatic carbocycles. The molecule has 9 heteroatoms. The SMILES string of the molecule is C/C(=C\SC(=N)NC(=O)CNC(=O)c1cccc(S(=O)(=O)C(C)C)c1)c1cccc(C)c1. The smallest absolute Gasteiger partial charge is 0.251 e. The van der Waals surface area contributed by atoms with Crippen LogP contribution in [0.1, 0.15) is 42.3 Å². The fourth-order valence-electron chi connectivity index (χ4n) is 2.66. The van der Waals surface area contributed by atoms with Gasteiger partial charge < -0.3 is 10.6 Å². The number of benzene rings is 2. The maximum atomic E-state index is 12.3. The molecule has 0 atom stereocenters. The van der Waals surface area contributed by atoms with E-state index in [1.165, 1.54) is 24.3 Å². The highest BCUT2D eigenvalue weighted by atomic mass is 32.2. The van der Waals surface area contributed by atoms with Crippen molar-refractivity contribution in [3.05, 3.63) is 70.6 Å². The second-order valence-corrected chi connectivity index (χ2v) is 10.9. The number of amidine groups is 1. The first kappa shape index (κ1) is 25.4. The fraction of sp³-hybridized carbons (Fsp3) is 0.261. The number of allylic oxidation sites excluding steroid dienone is 1. The second kappa shape index (κ2) is 11.1. The van der Waals surface area contributed by atoms with Crippen LogP contribution < -0.4 is 10.6 Å². The summed E-state index contributed by atoms with van der Waals surface area (Å²) < 4.78 is 24.6. The third kappa shape index (κ3) is 7.06. The van der Waals surface area contributed by atoms with E-state index >= 15 is 0 Å². The van der Waals surface area contributed by atoms with E-state index in [4.69, 9.17) is 5.41 Å². The van der Waals surface area contributed by atoms with Gasteiger partial charge in [0.2, 0.25) is 5.91 Å². The minimum absolute atomic E-state index is 0.0542. The largest absolute Gasteiger partial charge is 0.343 e. The second-order valence-electron chi connectivity index (χ2n) is 7.47. The van der Waals surface area contributed by atoms with E-state index in [0.717, 1.165) is 28.5 Å². The van der Waals surface area contributed by atoms with Gasteiger partial charge in [-0.05, 0) is 62.4 Å². The van der Waals surface area contributed by atoms with E-state index in [0.29, 0.717) is 0 Å². The van der Waals surface area contributed by atoms with Crippen LogP contribution in [0.2, 0.25) is 0 Å². The highest BCUT2D eigenvalue weighted by Crippen LogP contribution is 2.19. The average Bonchev–Trinajstić information content (AvgIpc) is 2.75. The van der Waals surface area contributed by atoms with Crippen molar-refractivity contribution in [3.63, 3.8) is 0 Å². The van der Waals surface area contributed by atoms with Crippen molar-refractivity contribution in [3.8, 4) is 0 Å². The predicted molar refractivity (Wildman–Crippen MR) is 129 cm³/mol. The van der Waals surface area contributed by atoms with Gasteiger partial charge in [0.05, 0.1) is 16.7 Å². The molecule has 170 valence electrons. The summed E-state index contributed by atoms with van der Waals surface area (Å²) >= 11 is 1.06. The highest BCUT2D eigenvalue weighted by Gasteiger charge is 2.20. The summed E-state index contributed by atoms with van der Waals surface area (Å²) in [7, 11) is -3.51. The number of nitrogens with one attached hydrogen (secondary N) is 3. The maximum Gasteiger partial charge on any atom is 0.251 e. The van der Waals surface area contributed by atoms with Crippen LogP contribution in [0.15, 0.2) is 58.8 Å². The number of hydrogen-bond donors (Lipinski definition) is 3. The lowest BCUT2D eigenvalue weighted by Gasteiger charge is -2.10. The minimum Gasteiger partial charge on any atom is -0.343 e. The van der Waals surface area contributed by atoms with Gasteiger partial charge in [-0.2, -0.15) is 0 Å². The van der Waals surface area contributed by atoms with Crippen LogP contribution >= 0.6 is 11.8 Å². The molecule has 0 aromatic heterocycles. The van der Waals surface area contributed by atoms with Crippen molar-refractivity contribution >= 4 is 44.2 Å².